The Kier molecular flexibility index (Phi) is 2.39. The fourth-order valence-electron chi connectivity index (χ4n) is 1.68. The molecule has 0 aliphatic carbocycles. The third kappa shape index (κ3) is 1.55. The van der Waals surface area contributed by atoms with Crippen molar-refractivity contribution in [2.24, 2.45) is 0 Å². The maximum absolute atomic E-state index is 11.6. The van der Waals surface area contributed by atoms with Crippen LogP contribution in [0.2, 0.25) is 5.02 Å². The molecule has 0 amide bonds. The molecule has 5 heteroatoms. The summed E-state index contributed by atoms with van der Waals surface area (Å²) in [5.41, 5.74) is -0.661. The second-order valence-corrected chi connectivity index (χ2v) is 4.28. The van der Waals surface area contributed by atoms with E-state index in [2.05, 4.69) is 0 Å². The molecule has 1 aromatic rings. The lowest BCUT2D eigenvalue weighted by Crippen LogP contribution is -2.45. The molecule has 1 aromatic carbocycles. The van der Waals surface area contributed by atoms with Crippen molar-refractivity contribution in [3.05, 3.63) is 34.3 Å². The fourth-order valence-corrected chi connectivity index (χ4v) is 1.92. The molecule has 16 heavy (non-hydrogen) atoms. The molecule has 0 radical (unpaired) electrons. The summed E-state index contributed by atoms with van der Waals surface area (Å²) < 4.78 is 4.92. The maximum Gasteiger partial charge on any atom is 0.348 e. The van der Waals surface area contributed by atoms with Crippen molar-refractivity contribution in [2.45, 2.75) is 18.9 Å². The molecule has 4 nitrogen and oxygen atoms in total. The first-order valence-corrected chi connectivity index (χ1v) is 5.06. The lowest BCUT2D eigenvalue weighted by atomic mass is 9.90. The van der Waals surface area contributed by atoms with Crippen LogP contribution in [0.1, 0.15) is 22.8 Å². The van der Waals surface area contributed by atoms with Crippen molar-refractivity contribution in [1.82, 2.24) is 0 Å². The molecule has 84 valence electrons. The van der Waals surface area contributed by atoms with E-state index in [0.29, 0.717) is 16.1 Å². The van der Waals surface area contributed by atoms with E-state index in [4.69, 9.17) is 21.4 Å². The topological polar surface area (TPSA) is 63.6 Å². The van der Waals surface area contributed by atoms with Crippen LogP contribution in [0.3, 0.4) is 0 Å². The number of aliphatic carboxylic acids is 1. The average molecular weight is 241 g/mol. The van der Waals surface area contributed by atoms with Gasteiger partial charge in [-0.15, -0.1) is 0 Å². The summed E-state index contributed by atoms with van der Waals surface area (Å²) in [5.74, 6) is -1.82. The number of esters is 1. The zero-order valence-corrected chi connectivity index (χ0v) is 9.25. The fraction of sp³-hybridized carbons (Fsp3) is 0.273. The molecule has 0 spiro atoms. The summed E-state index contributed by atoms with van der Waals surface area (Å²) in [4.78, 5) is 22.6. The molecule has 0 saturated carbocycles. The first-order chi connectivity index (χ1) is 7.44. The van der Waals surface area contributed by atoms with Gasteiger partial charge in [-0.3, -0.25) is 0 Å². The number of carboxylic acids is 1. The lowest BCUT2D eigenvalue weighted by Gasteiger charge is -2.30. The Morgan fingerprint density at radius 1 is 1.56 bits per heavy atom. The Morgan fingerprint density at radius 2 is 2.25 bits per heavy atom. The third-order valence-corrected chi connectivity index (χ3v) is 2.98. The Balaban J connectivity index is 2.54. The van der Waals surface area contributed by atoms with Gasteiger partial charge in [0, 0.05) is 11.4 Å². The minimum Gasteiger partial charge on any atom is -0.478 e. The minimum absolute atomic E-state index is 0.0864. The zero-order chi connectivity index (χ0) is 11.9. The Bertz CT molecular complexity index is 483. The number of cyclic esters (lactones) is 1. The van der Waals surface area contributed by atoms with Gasteiger partial charge in [-0.2, -0.15) is 0 Å². The standard InChI is InChI=1S/C11H9ClO4/c1-11(10(14)15)5-7-6(9(13)16-11)3-2-4-8(7)12/h2-4H,5H2,1H3,(H,14,15). The van der Waals surface area contributed by atoms with Crippen LogP contribution >= 0.6 is 11.6 Å². The maximum atomic E-state index is 11.6. The summed E-state index contributed by atoms with van der Waals surface area (Å²) in [6.45, 7) is 1.36. The van der Waals surface area contributed by atoms with Crippen molar-refractivity contribution < 1.29 is 19.4 Å². The van der Waals surface area contributed by atoms with Crippen LogP contribution in [0.5, 0.6) is 0 Å². The lowest BCUT2D eigenvalue weighted by molar-refractivity contribution is -0.158. The Hall–Kier alpha value is -1.55. The number of carbonyl (C=O) groups is 2. The van der Waals surface area contributed by atoms with Gasteiger partial charge in [0.25, 0.3) is 0 Å². The molecule has 1 N–H and O–H groups in total. The smallest absolute Gasteiger partial charge is 0.348 e. The average Bonchev–Trinajstić information content (AvgIpc) is 2.19. The normalized spacial score (nSPS) is 23.5. The predicted molar refractivity (Wildman–Crippen MR) is 56.6 cm³/mol. The third-order valence-electron chi connectivity index (χ3n) is 2.62. The number of ether oxygens (including phenoxy) is 1. The van der Waals surface area contributed by atoms with Gasteiger partial charge in [-0.05, 0) is 24.6 Å². The molecule has 1 unspecified atom stereocenters. The highest BCUT2D eigenvalue weighted by atomic mass is 35.5. The molecule has 1 aliphatic rings. The summed E-state index contributed by atoms with van der Waals surface area (Å²) in [6, 6.07) is 4.83. The van der Waals surface area contributed by atoms with Crippen molar-refractivity contribution in [3.8, 4) is 0 Å². The monoisotopic (exact) mass is 240 g/mol. The van der Waals surface area contributed by atoms with Crippen molar-refractivity contribution in [3.63, 3.8) is 0 Å². The Morgan fingerprint density at radius 3 is 2.88 bits per heavy atom. The highest BCUT2D eigenvalue weighted by Gasteiger charge is 2.43. The molecule has 1 aliphatic heterocycles. The van der Waals surface area contributed by atoms with E-state index in [-0.39, 0.29) is 6.42 Å². The molecule has 0 bridgehead atoms. The largest absolute Gasteiger partial charge is 0.478 e. The molecule has 0 fully saturated rings. The minimum atomic E-state index is -1.53. The van der Waals surface area contributed by atoms with Crippen molar-refractivity contribution >= 4 is 23.5 Å². The van der Waals surface area contributed by atoms with Gasteiger partial charge >= 0.3 is 11.9 Å². The first-order valence-electron chi connectivity index (χ1n) is 4.68. The number of halogens is 1. The molecule has 0 aromatic heterocycles. The molecular formula is C11H9ClO4. The van der Waals surface area contributed by atoms with E-state index in [1.54, 1.807) is 18.2 Å². The highest BCUT2D eigenvalue weighted by molar-refractivity contribution is 6.32. The van der Waals surface area contributed by atoms with Gasteiger partial charge in [0.15, 0.2) is 0 Å². The van der Waals surface area contributed by atoms with E-state index < -0.39 is 17.5 Å². The van der Waals surface area contributed by atoms with Gasteiger partial charge in [0.05, 0.1) is 5.56 Å². The predicted octanol–water partition coefficient (Wildman–Crippen LogP) is 1.90. The van der Waals surface area contributed by atoms with E-state index in [1.165, 1.54) is 6.92 Å². The molecular weight excluding hydrogens is 232 g/mol. The van der Waals surface area contributed by atoms with Crippen LogP contribution in [0, 0.1) is 0 Å². The van der Waals surface area contributed by atoms with Gasteiger partial charge in [-0.1, -0.05) is 17.7 Å². The number of hydrogen-bond donors (Lipinski definition) is 1. The second-order valence-electron chi connectivity index (χ2n) is 3.87. The number of carboxylic acid groups (broad SMARTS) is 1. The van der Waals surface area contributed by atoms with E-state index >= 15 is 0 Å². The van der Waals surface area contributed by atoms with Crippen molar-refractivity contribution in [1.29, 1.82) is 0 Å². The van der Waals surface area contributed by atoms with Crippen LogP contribution in [0.4, 0.5) is 0 Å². The van der Waals surface area contributed by atoms with Gasteiger partial charge in [0.2, 0.25) is 5.60 Å². The molecule has 1 heterocycles. The SMILES string of the molecule is CC1(C(=O)O)Cc2c(Cl)cccc2C(=O)O1. The number of carbonyl (C=O) groups excluding carboxylic acids is 1. The quantitative estimate of drug-likeness (QED) is 0.762. The van der Waals surface area contributed by atoms with Crippen molar-refractivity contribution in [2.75, 3.05) is 0 Å². The van der Waals surface area contributed by atoms with Gasteiger partial charge in [-0.25, -0.2) is 9.59 Å². The number of fused-ring (bicyclic) bond motifs is 1. The second kappa shape index (κ2) is 3.49. The summed E-state index contributed by atoms with van der Waals surface area (Å²) in [5, 5.41) is 9.40. The molecule has 2 rings (SSSR count). The zero-order valence-electron chi connectivity index (χ0n) is 8.49. The van der Waals surface area contributed by atoms with Gasteiger partial charge < -0.3 is 9.84 Å². The summed E-state index contributed by atoms with van der Waals surface area (Å²) in [7, 11) is 0. The van der Waals surface area contributed by atoms with E-state index in [0.717, 1.165) is 0 Å². The Labute approximate surface area is 96.8 Å². The van der Waals surface area contributed by atoms with Crippen LogP contribution in [0.25, 0.3) is 0 Å². The number of hydrogen-bond acceptors (Lipinski definition) is 3. The van der Waals surface area contributed by atoms with Crippen LogP contribution in [-0.2, 0) is 16.0 Å². The van der Waals surface area contributed by atoms with E-state index in [1.807, 2.05) is 0 Å². The van der Waals surface area contributed by atoms with Crippen LogP contribution in [-0.4, -0.2) is 22.6 Å². The number of benzene rings is 1. The van der Waals surface area contributed by atoms with Gasteiger partial charge in [0.1, 0.15) is 0 Å². The number of rotatable bonds is 1. The van der Waals surface area contributed by atoms with E-state index in [9.17, 15) is 9.59 Å². The first kappa shape index (κ1) is 11.0. The van der Waals surface area contributed by atoms with Crippen LogP contribution in [0.15, 0.2) is 18.2 Å². The molecule has 1 atom stereocenters. The highest BCUT2D eigenvalue weighted by Crippen LogP contribution is 2.32. The summed E-state index contributed by atoms with van der Waals surface area (Å²) in [6.07, 6.45) is 0.0864. The van der Waals surface area contributed by atoms with Crippen LogP contribution < -0.4 is 0 Å². The molecule has 0 saturated heterocycles. The summed E-state index contributed by atoms with van der Waals surface area (Å²) >= 11 is 5.94.